The van der Waals surface area contributed by atoms with Crippen LogP contribution in [0.2, 0.25) is 0 Å². The Morgan fingerprint density at radius 1 is 1.03 bits per heavy atom. The number of hydrogen-bond acceptors (Lipinski definition) is 4. The molecule has 1 N–H and O–H groups in total. The highest BCUT2D eigenvalue weighted by Gasteiger charge is 2.40. The van der Waals surface area contributed by atoms with E-state index in [1.807, 2.05) is 48.5 Å². The van der Waals surface area contributed by atoms with E-state index in [2.05, 4.69) is 12.2 Å². The summed E-state index contributed by atoms with van der Waals surface area (Å²) in [5.74, 6) is -0.760. The summed E-state index contributed by atoms with van der Waals surface area (Å²) in [7, 11) is 0. The summed E-state index contributed by atoms with van der Waals surface area (Å²) in [5, 5.41) is 2.02. The van der Waals surface area contributed by atoms with Gasteiger partial charge in [-0.15, -0.1) is 11.8 Å². The number of fused-ring (bicyclic) bond motifs is 1. The number of para-hydroxylation sites is 1. The van der Waals surface area contributed by atoms with Gasteiger partial charge in [0.05, 0.1) is 5.69 Å². The topological polar surface area (TPSA) is 69.7 Å². The molecular weight excluding hydrogens is 410 g/mol. The molecule has 1 atom stereocenters. The number of rotatable bonds is 5. The van der Waals surface area contributed by atoms with Gasteiger partial charge in [-0.05, 0) is 55.5 Å². The number of nitrogens with zero attached hydrogens (tertiary/aromatic N) is 2. The van der Waals surface area contributed by atoms with Gasteiger partial charge in [-0.2, -0.15) is 0 Å². The van der Waals surface area contributed by atoms with Crippen LogP contribution in [0.5, 0.6) is 0 Å². The molecule has 2 aliphatic heterocycles. The number of thioether (sulfide) groups is 1. The fraction of sp³-hybridized carbons (Fsp3) is 0.375. The molecule has 0 spiro atoms. The summed E-state index contributed by atoms with van der Waals surface area (Å²) < 4.78 is 0. The van der Waals surface area contributed by atoms with E-state index < -0.39 is 5.25 Å². The lowest BCUT2D eigenvalue weighted by Gasteiger charge is -2.36. The predicted octanol–water partition coefficient (Wildman–Crippen LogP) is 3.71. The summed E-state index contributed by atoms with van der Waals surface area (Å²) in [4.78, 5) is 43.3. The van der Waals surface area contributed by atoms with Crippen LogP contribution in [-0.2, 0) is 20.8 Å². The van der Waals surface area contributed by atoms with Crippen LogP contribution in [0, 0.1) is 0 Å². The molecule has 0 radical (unpaired) electrons. The van der Waals surface area contributed by atoms with Crippen molar-refractivity contribution in [3.63, 3.8) is 0 Å². The maximum Gasteiger partial charge on any atom is 0.250 e. The molecule has 3 amide bonds. The van der Waals surface area contributed by atoms with Crippen molar-refractivity contribution in [3.8, 4) is 0 Å². The predicted molar refractivity (Wildman–Crippen MR) is 123 cm³/mol. The van der Waals surface area contributed by atoms with E-state index in [4.69, 9.17) is 0 Å². The third kappa shape index (κ3) is 4.77. The summed E-state index contributed by atoms with van der Waals surface area (Å²) >= 11 is 1.29. The third-order valence-electron chi connectivity index (χ3n) is 5.73. The molecule has 2 aromatic rings. The molecule has 2 heterocycles. The standard InChI is InChI=1S/C24H27N3O3S/c1-2-17-10-12-18(13-11-17)25-21(28)16-27-19-8-4-5-9-20(19)31-22(24(27)30)23(29)26-14-6-3-7-15-26/h4-5,8-13,22H,2-3,6-7,14-16H2,1H3,(H,25,28)/t22-/m0/s1. The minimum atomic E-state index is -0.843. The number of aryl methyl sites for hydroxylation is 1. The second-order valence-corrected chi connectivity index (χ2v) is 9.02. The highest BCUT2D eigenvalue weighted by Crippen LogP contribution is 2.39. The average molecular weight is 438 g/mol. The zero-order valence-corrected chi connectivity index (χ0v) is 18.5. The average Bonchev–Trinajstić information content (AvgIpc) is 2.81. The van der Waals surface area contributed by atoms with Gasteiger partial charge in [0.1, 0.15) is 6.54 Å². The number of likely N-dealkylation sites (tertiary alicyclic amines) is 1. The monoisotopic (exact) mass is 437 g/mol. The van der Waals surface area contributed by atoms with Gasteiger partial charge < -0.3 is 15.1 Å². The maximum atomic E-state index is 13.3. The molecule has 0 unspecified atom stereocenters. The van der Waals surface area contributed by atoms with Crippen molar-refractivity contribution in [2.75, 3.05) is 29.9 Å². The zero-order chi connectivity index (χ0) is 21.8. The van der Waals surface area contributed by atoms with Crippen LogP contribution in [0.3, 0.4) is 0 Å². The molecule has 2 aromatic carbocycles. The lowest BCUT2D eigenvalue weighted by atomic mass is 10.1. The van der Waals surface area contributed by atoms with E-state index in [0.29, 0.717) is 24.5 Å². The first kappa shape index (κ1) is 21.4. The lowest BCUT2D eigenvalue weighted by molar-refractivity contribution is -0.135. The quantitative estimate of drug-likeness (QED) is 0.724. The van der Waals surface area contributed by atoms with Gasteiger partial charge in [-0.1, -0.05) is 31.2 Å². The second-order valence-electron chi connectivity index (χ2n) is 7.87. The van der Waals surface area contributed by atoms with Crippen LogP contribution in [0.1, 0.15) is 31.7 Å². The minimum absolute atomic E-state index is 0.129. The number of hydrogen-bond donors (Lipinski definition) is 1. The summed E-state index contributed by atoms with van der Waals surface area (Å²) in [5.41, 5.74) is 2.56. The van der Waals surface area contributed by atoms with Crippen LogP contribution in [0.25, 0.3) is 0 Å². The Morgan fingerprint density at radius 2 is 1.74 bits per heavy atom. The highest BCUT2D eigenvalue weighted by atomic mass is 32.2. The SMILES string of the molecule is CCc1ccc(NC(=O)CN2C(=O)[C@H](C(=O)N3CCCCC3)Sc3ccccc32)cc1. The molecule has 7 heteroatoms. The van der Waals surface area contributed by atoms with E-state index in [9.17, 15) is 14.4 Å². The van der Waals surface area contributed by atoms with E-state index >= 15 is 0 Å². The van der Waals surface area contributed by atoms with Crippen molar-refractivity contribution in [2.24, 2.45) is 0 Å². The largest absolute Gasteiger partial charge is 0.341 e. The first-order valence-electron chi connectivity index (χ1n) is 10.8. The van der Waals surface area contributed by atoms with Crippen molar-refractivity contribution in [1.29, 1.82) is 0 Å². The normalized spacial score (nSPS) is 18.5. The number of amides is 3. The number of piperidine rings is 1. The van der Waals surface area contributed by atoms with E-state index in [1.165, 1.54) is 22.2 Å². The van der Waals surface area contributed by atoms with Gasteiger partial charge >= 0.3 is 0 Å². The molecule has 0 aromatic heterocycles. The Labute approximate surface area is 187 Å². The highest BCUT2D eigenvalue weighted by molar-refractivity contribution is 8.01. The molecule has 162 valence electrons. The Balaban J connectivity index is 1.52. The number of benzene rings is 2. The van der Waals surface area contributed by atoms with Crippen molar-refractivity contribution < 1.29 is 14.4 Å². The van der Waals surface area contributed by atoms with Crippen LogP contribution >= 0.6 is 11.8 Å². The Morgan fingerprint density at radius 3 is 2.45 bits per heavy atom. The first-order chi connectivity index (χ1) is 15.1. The molecule has 4 rings (SSSR count). The van der Waals surface area contributed by atoms with Crippen molar-refractivity contribution >= 4 is 40.9 Å². The fourth-order valence-corrected chi connectivity index (χ4v) is 5.17. The van der Waals surface area contributed by atoms with Gasteiger partial charge in [-0.25, -0.2) is 0 Å². The van der Waals surface area contributed by atoms with Gasteiger partial charge in [0, 0.05) is 23.7 Å². The van der Waals surface area contributed by atoms with Crippen LogP contribution in [0.4, 0.5) is 11.4 Å². The van der Waals surface area contributed by atoms with Gasteiger partial charge in [0.15, 0.2) is 5.25 Å². The van der Waals surface area contributed by atoms with Crippen molar-refractivity contribution in [2.45, 2.75) is 42.8 Å². The Kier molecular flexibility index (Phi) is 6.61. The smallest absolute Gasteiger partial charge is 0.250 e. The summed E-state index contributed by atoms with van der Waals surface area (Å²) in [6, 6.07) is 15.1. The number of carbonyl (C=O) groups is 3. The molecule has 0 bridgehead atoms. The summed E-state index contributed by atoms with van der Waals surface area (Å²) in [6.45, 7) is 3.33. The number of nitrogens with one attached hydrogen (secondary N) is 1. The number of anilines is 2. The van der Waals surface area contributed by atoms with Crippen LogP contribution in [0.15, 0.2) is 53.4 Å². The van der Waals surface area contributed by atoms with E-state index in [0.717, 1.165) is 30.6 Å². The van der Waals surface area contributed by atoms with E-state index in [1.54, 1.807) is 4.90 Å². The Hall–Kier alpha value is -2.80. The van der Waals surface area contributed by atoms with Crippen LogP contribution in [-0.4, -0.2) is 47.5 Å². The first-order valence-corrected chi connectivity index (χ1v) is 11.7. The molecule has 1 saturated heterocycles. The third-order valence-corrected chi connectivity index (χ3v) is 6.97. The van der Waals surface area contributed by atoms with Gasteiger partial charge in [-0.3, -0.25) is 14.4 Å². The van der Waals surface area contributed by atoms with Crippen molar-refractivity contribution in [3.05, 3.63) is 54.1 Å². The minimum Gasteiger partial charge on any atom is -0.341 e. The molecule has 31 heavy (non-hydrogen) atoms. The van der Waals surface area contributed by atoms with Gasteiger partial charge in [0.25, 0.3) is 5.91 Å². The van der Waals surface area contributed by atoms with Gasteiger partial charge in [0.2, 0.25) is 11.8 Å². The zero-order valence-electron chi connectivity index (χ0n) is 17.7. The Bertz CT molecular complexity index is 970. The molecule has 0 aliphatic carbocycles. The fourth-order valence-electron chi connectivity index (χ4n) is 3.98. The second kappa shape index (κ2) is 9.56. The number of carbonyl (C=O) groups excluding carboxylic acids is 3. The summed E-state index contributed by atoms with van der Waals surface area (Å²) in [6.07, 6.45) is 3.98. The van der Waals surface area contributed by atoms with Crippen molar-refractivity contribution in [1.82, 2.24) is 4.90 Å². The van der Waals surface area contributed by atoms with Crippen LogP contribution < -0.4 is 10.2 Å². The molecule has 1 fully saturated rings. The molecule has 2 aliphatic rings. The van der Waals surface area contributed by atoms with E-state index in [-0.39, 0.29) is 24.3 Å². The lowest BCUT2D eigenvalue weighted by Crippen LogP contribution is -2.52. The molecule has 6 nitrogen and oxygen atoms in total. The molecule has 0 saturated carbocycles. The maximum absolute atomic E-state index is 13.3. The molecular formula is C24H27N3O3S.